The number of para-hydroxylation sites is 2. The molecular weight excluding hydrogens is 404 g/mol. The van der Waals surface area contributed by atoms with Crippen LogP contribution >= 0.6 is 11.3 Å². The van der Waals surface area contributed by atoms with Crippen molar-refractivity contribution >= 4 is 38.2 Å². The Bertz CT molecular complexity index is 1250. The van der Waals surface area contributed by atoms with Crippen LogP contribution in [-0.4, -0.2) is 39.9 Å². The molecule has 6 heteroatoms. The number of aromatic nitrogens is 2. The molecule has 0 radical (unpaired) electrons. The molecule has 5 nitrogen and oxygen atoms in total. The number of nitriles is 1. The average molecular weight is 429 g/mol. The lowest BCUT2D eigenvalue weighted by Gasteiger charge is -2.31. The Hall–Kier alpha value is -3.01. The van der Waals surface area contributed by atoms with E-state index in [4.69, 9.17) is 10.2 Å². The molecule has 0 N–H and O–H groups in total. The molecule has 1 fully saturated rings. The molecule has 5 rings (SSSR count). The highest BCUT2D eigenvalue weighted by Crippen LogP contribution is 2.33. The smallest absolute Gasteiger partial charge is 0.178 e. The molecule has 2 aromatic heterocycles. The number of hydrogen-bond donors (Lipinski definition) is 0. The summed E-state index contributed by atoms with van der Waals surface area (Å²) in [6.45, 7) is 2.85. The quantitative estimate of drug-likeness (QED) is 0.395. The molecule has 1 aliphatic rings. The third kappa shape index (κ3) is 3.99. The van der Waals surface area contributed by atoms with Crippen molar-refractivity contribution in [1.82, 2.24) is 14.5 Å². The number of aryl methyl sites for hydroxylation is 1. The van der Waals surface area contributed by atoms with E-state index >= 15 is 0 Å². The summed E-state index contributed by atoms with van der Waals surface area (Å²) in [4.78, 5) is 20.4. The van der Waals surface area contributed by atoms with Crippen LogP contribution in [-0.2, 0) is 6.54 Å². The lowest BCUT2D eigenvalue weighted by atomic mass is 9.98. The van der Waals surface area contributed by atoms with E-state index in [0.717, 1.165) is 47.9 Å². The molecule has 156 valence electrons. The molecule has 0 amide bonds. The number of likely N-dealkylation sites (tertiary alicyclic amines) is 1. The SMILES string of the molecule is N#CCCn1cc(C(=O)CN2CCCC(c3nc4ccccc4s3)C2)c2ccccc21. The van der Waals surface area contributed by atoms with Gasteiger partial charge in [0.2, 0.25) is 0 Å². The summed E-state index contributed by atoms with van der Waals surface area (Å²) in [6.07, 6.45) is 4.57. The Morgan fingerprint density at radius 3 is 2.90 bits per heavy atom. The fraction of sp³-hybridized carbons (Fsp3) is 0.320. The van der Waals surface area contributed by atoms with E-state index in [1.807, 2.05) is 41.1 Å². The van der Waals surface area contributed by atoms with Crippen molar-refractivity contribution in [2.24, 2.45) is 0 Å². The van der Waals surface area contributed by atoms with Crippen LogP contribution < -0.4 is 0 Å². The molecule has 31 heavy (non-hydrogen) atoms. The van der Waals surface area contributed by atoms with Crippen LogP contribution in [0.4, 0.5) is 0 Å². The van der Waals surface area contributed by atoms with Gasteiger partial charge in [0.1, 0.15) is 0 Å². The predicted octanol–water partition coefficient (Wildman–Crippen LogP) is 5.23. The van der Waals surface area contributed by atoms with Crippen molar-refractivity contribution in [3.05, 3.63) is 65.3 Å². The normalized spacial score (nSPS) is 17.2. The van der Waals surface area contributed by atoms with Gasteiger partial charge in [0, 0.05) is 41.7 Å². The van der Waals surface area contributed by atoms with Gasteiger partial charge in [-0.05, 0) is 37.6 Å². The minimum Gasteiger partial charge on any atom is -0.346 e. The highest BCUT2D eigenvalue weighted by molar-refractivity contribution is 7.18. The molecule has 0 spiro atoms. The van der Waals surface area contributed by atoms with Crippen molar-refractivity contribution in [3.8, 4) is 6.07 Å². The van der Waals surface area contributed by atoms with E-state index in [2.05, 4.69) is 29.2 Å². The van der Waals surface area contributed by atoms with Crippen LogP contribution in [0.15, 0.2) is 54.7 Å². The summed E-state index contributed by atoms with van der Waals surface area (Å²) in [6, 6.07) is 18.5. The number of hydrogen-bond acceptors (Lipinski definition) is 5. The summed E-state index contributed by atoms with van der Waals surface area (Å²) in [7, 11) is 0. The largest absolute Gasteiger partial charge is 0.346 e. The number of carbonyl (C=O) groups excluding carboxylic acids is 1. The number of piperidine rings is 1. The Kier molecular flexibility index (Phi) is 5.54. The number of fused-ring (bicyclic) bond motifs is 2. The molecule has 1 atom stereocenters. The van der Waals surface area contributed by atoms with Gasteiger partial charge in [-0.2, -0.15) is 5.26 Å². The second-order valence-electron chi connectivity index (χ2n) is 8.18. The van der Waals surface area contributed by atoms with Gasteiger partial charge in [-0.1, -0.05) is 30.3 Å². The van der Waals surface area contributed by atoms with Crippen molar-refractivity contribution in [1.29, 1.82) is 5.26 Å². The summed E-state index contributed by atoms with van der Waals surface area (Å²) in [5, 5.41) is 11.1. The van der Waals surface area contributed by atoms with Crippen LogP contribution in [0.25, 0.3) is 21.1 Å². The van der Waals surface area contributed by atoms with Crippen molar-refractivity contribution in [2.45, 2.75) is 31.7 Å². The van der Waals surface area contributed by atoms with Gasteiger partial charge in [-0.25, -0.2) is 4.98 Å². The van der Waals surface area contributed by atoms with Crippen LogP contribution in [0.1, 0.15) is 40.5 Å². The van der Waals surface area contributed by atoms with Gasteiger partial charge >= 0.3 is 0 Å². The van der Waals surface area contributed by atoms with Crippen molar-refractivity contribution in [2.75, 3.05) is 19.6 Å². The third-order valence-corrected chi connectivity index (χ3v) is 7.28. The fourth-order valence-corrected chi connectivity index (χ4v) is 5.67. The Morgan fingerprint density at radius 2 is 2.03 bits per heavy atom. The molecular formula is C25H24N4OS. The summed E-state index contributed by atoms with van der Waals surface area (Å²) in [5.41, 5.74) is 2.85. The van der Waals surface area contributed by atoms with E-state index in [1.165, 1.54) is 9.71 Å². The van der Waals surface area contributed by atoms with E-state index in [1.54, 1.807) is 11.3 Å². The summed E-state index contributed by atoms with van der Waals surface area (Å²) >= 11 is 1.78. The van der Waals surface area contributed by atoms with Gasteiger partial charge in [-0.3, -0.25) is 9.69 Å². The highest BCUT2D eigenvalue weighted by atomic mass is 32.1. The van der Waals surface area contributed by atoms with E-state index in [-0.39, 0.29) is 5.78 Å². The molecule has 2 aromatic carbocycles. The maximum Gasteiger partial charge on any atom is 0.178 e. The number of nitrogens with zero attached hydrogens (tertiary/aromatic N) is 4. The molecule has 0 bridgehead atoms. The average Bonchev–Trinajstić information content (AvgIpc) is 3.40. The lowest BCUT2D eigenvalue weighted by molar-refractivity contribution is 0.0908. The van der Waals surface area contributed by atoms with Gasteiger partial charge < -0.3 is 4.57 Å². The van der Waals surface area contributed by atoms with Crippen LogP contribution in [0, 0.1) is 11.3 Å². The maximum absolute atomic E-state index is 13.3. The monoisotopic (exact) mass is 428 g/mol. The molecule has 0 aliphatic carbocycles. The second kappa shape index (κ2) is 8.62. The van der Waals surface area contributed by atoms with Crippen molar-refractivity contribution in [3.63, 3.8) is 0 Å². The zero-order valence-electron chi connectivity index (χ0n) is 17.3. The van der Waals surface area contributed by atoms with Gasteiger partial charge in [0.15, 0.2) is 5.78 Å². The lowest BCUT2D eigenvalue weighted by Crippen LogP contribution is -2.38. The number of carbonyl (C=O) groups is 1. The number of thiazole rings is 1. The van der Waals surface area contributed by atoms with Gasteiger partial charge in [0.25, 0.3) is 0 Å². The first kappa shape index (κ1) is 19.9. The van der Waals surface area contributed by atoms with Crippen molar-refractivity contribution < 1.29 is 4.79 Å². The summed E-state index contributed by atoms with van der Waals surface area (Å²) in [5.74, 6) is 0.535. The van der Waals surface area contributed by atoms with E-state index in [9.17, 15) is 4.79 Å². The maximum atomic E-state index is 13.3. The first-order valence-electron chi connectivity index (χ1n) is 10.8. The standard InChI is InChI=1S/C25H24N4OS/c26-12-6-14-29-16-20(19-8-1-3-10-22(19)29)23(30)17-28-13-5-7-18(15-28)25-27-21-9-2-4-11-24(21)31-25/h1-4,8-11,16,18H,5-7,13-15,17H2. The number of Topliss-reactive ketones (excluding diaryl/α,β-unsaturated/α-hetero) is 1. The van der Waals surface area contributed by atoms with Crippen LogP contribution in [0.3, 0.4) is 0 Å². The van der Waals surface area contributed by atoms with Gasteiger partial charge in [0.05, 0.1) is 34.3 Å². The van der Waals surface area contributed by atoms with Crippen LogP contribution in [0.2, 0.25) is 0 Å². The molecule has 1 saturated heterocycles. The molecule has 3 heterocycles. The van der Waals surface area contributed by atoms with Gasteiger partial charge in [-0.15, -0.1) is 11.3 Å². The van der Waals surface area contributed by atoms with E-state index in [0.29, 0.717) is 25.4 Å². The Balaban J connectivity index is 1.34. The van der Waals surface area contributed by atoms with E-state index < -0.39 is 0 Å². The molecule has 1 unspecified atom stereocenters. The molecule has 0 saturated carbocycles. The number of rotatable bonds is 6. The third-order valence-electron chi connectivity index (χ3n) is 6.09. The Morgan fingerprint density at radius 1 is 1.19 bits per heavy atom. The first-order chi connectivity index (χ1) is 15.2. The highest BCUT2D eigenvalue weighted by Gasteiger charge is 2.26. The Labute approximate surface area is 185 Å². The second-order valence-corrected chi connectivity index (χ2v) is 9.24. The van der Waals surface area contributed by atoms with Crippen LogP contribution in [0.5, 0.6) is 0 Å². The summed E-state index contributed by atoms with van der Waals surface area (Å²) < 4.78 is 3.27. The molecule has 4 aromatic rings. The number of benzene rings is 2. The topological polar surface area (TPSA) is 61.9 Å². The predicted molar refractivity (Wildman–Crippen MR) is 125 cm³/mol. The molecule has 1 aliphatic heterocycles. The zero-order valence-corrected chi connectivity index (χ0v) is 18.1. The first-order valence-corrected chi connectivity index (χ1v) is 11.6. The minimum atomic E-state index is 0.150. The zero-order chi connectivity index (χ0) is 21.2. The minimum absolute atomic E-state index is 0.150. The fourth-order valence-electron chi connectivity index (χ4n) is 4.58. The number of ketones is 1.